The van der Waals surface area contributed by atoms with E-state index in [0.717, 1.165) is 12.8 Å². The van der Waals surface area contributed by atoms with Gasteiger partial charge in [-0.1, -0.05) is 0 Å². The van der Waals surface area contributed by atoms with Gasteiger partial charge < -0.3 is 4.74 Å². The van der Waals surface area contributed by atoms with Crippen LogP contribution >= 0.6 is 0 Å². The molecule has 0 amide bonds. The van der Waals surface area contributed by atoms with Crippen LogP contribution in [-0.4, -0.2) is 12.6 Å². The van der Waals surface area contributed by atoms with Gasteiger partial charge in [0.15, 0.2) is 0 Å². The van der Waals surface area contributed by atoms with E-state index in [1.807, 2.05) is 0 Å². The molecule has 1 rings (SSSR count). The van der Waals surface area contributed by atoms with Gasteiger partial charge in [0.1, 0.15) is 6.42 Å². The van der Waals surface area contributed by atoms with Crippen molar-refractivity contribution in [2.45, 2.75) is 12.8 Å². The highest BCUT2D eigenvalue weighted by Crippen LogP contribution is 2.02. The zero-order chi connectivity index (χ0) is 5.11. The Hall–Kier alpha value is -0.530. The topological polar surface area (TPSA) is 26.3 Å². The van der Waals surface area contributed by atoms with Crippen LogP contribution in [0.1, 0.15) is 12.8 Å². The van der Waals surface area contributed by atoms with Crippen LogP contribution in [-0.2, 0) is 9.53 Å². The molecule has 0 spiro atoms. The van der Waals surface area contributed by atoms with Crippen molar-refractivity contribution in [3.8, 4) is 0 Å². The fourth-order valence-corrected chi connectivity index (χ4v) is 0.479. The molecule has 1 saturated heterocycles. The minimum absolute atomic E-state index is 0.286. The highest BCUT2D eigenvalue weighted by Gasteiger charge is 2.08. The Labute approximate surface area is 42.5 Å². The minimum Gasteiger partial charge on any atom is -0.465 e. The number of esters is 1. The fourth-order valence-electron chi connectivity index (χ4n) is 0.479. The Morgan fingerprint density at radius 2 is 2.57 bits per heavy atom. The first kappa shape index (κ1) is 4.62. The maximum absolute atomic E-state index is 10.1. The van der Waals surface area contributed by atoms with Crippen molar-refractivity contribution in [1.29, 1.82) is 0 Å². The predicted octanol–water partition coefficient (Wildman–Crippen LogP) is 0.405. The largest absolute Gasteiger partial charge is 0.465 e. The lowest BCUT2D eigenvalue weighted by atomic mass is 10.2. The van der Waals surface area contributed by atoms with Crippen molar-refractivity contribution in [2.24, 2.45) is 0 Å². The van der Waals surface area contributed by atoms with Crippen molar-refractivity contribution >= 4 is 5.97 Å². The second-order valence-electron chi connectivity index (χ2n) is 1.42. The van der Waals surface area contributed by atoms with Crippen LogP contribution in [0.2, 0.25) is 0 Å². The Balaban J connectivity index is 2.25. The number of hydrogen-bond acceptors (Lipinski definition) is 2. The number of hydrogen-bond donors (Lipinski definition) is 0. The van der Waals surface area contributed by atoms with Crippen LogP contribution in [0, 0.1) is 6.42 Å². The third kappa shape index (κ3) is 1.18. The zero-order valence-electron chi connectivity index (χ0n) is 3.94. The van der Waals surface area contributed by atoms with Crippen LogP contribution in [0.25, 0.3) is 0 Å². The summed E-state index contributed by atoms with van der Waals surface area (Å²) in [5, 5.41) is 0. The summed E-state index contributed by atoms with van der Waals surface area (Å²) in [6.45, 7) is 0.575. The maximum Gasteiger partial charge on any atom is 0.314 e. The molecule has 38 valence electrons. The average molecular weight is 98.1 g/mol. The van der Waals surface area contributed by atoms with Gasteiger partial charge in [-0.25, -0.2) is 0 Å². The van der Waals surface area contributed by atoms with Crippen LogP contribution in [0.15, 0.2) is 0 Å². The van der Waals surface area contributed by atoms with Gasteiger partial charge in [0.2, 0.25) is 0 Å². The van der Waals surface area contributed by atoms with E-state index in [1.165, 1.54) is 0 Å². The highest BCUT2D eigenvalue weighted by molar-refractivity contribution is 5.79. The van der Waals surface area contributed by atoms with Gasteiger partial charge in [-0.2, -0.15) is 0 Å². The first-order valence-corrected chi connectivity index (χ1v) is 2.30. The van der Waals surface area contributed by atoms with Crippen molar-refractivity contribution < 1.29 is 9.53 Å². The predicted molar refractivity (Wildman–Crippen MR) is 23.4 cm³/mol. The van der Waals surface area contributed by atoms with E-state index >= 15 is 0 Å². The van der Waals surface area contributed by atoms with Gasteiger partial charge in [0.05, 0.1) is 6.61 Å². The SMILES string of the molecule is O=C1[C]CCCO1. The summed E-state index contributed by atoms with van der Waals surface area (Å²) in [7, 11) is 0. The van der Waals surface area contributed by atoms with E-state index < -0.39 is 0 Å². The Morgan fingerprint density at radius 1 is 1.71 bits per heavy atom. The summed E-state index contributed by atoms with van der Waals surface area (Å²) in [6.07, 6.45) is 4.22. The normalized spacial score (nSPS) is 21.4. The van der Waals surface area contributed by atoms with Gasteiger partial charge in [-0.05, 0) is 12.8 Å². The number of carbonyl (C=O) groups is 1. The summed E-state index contributed by atoms with van der Waals surface area (Å²) in [5.74, 6) is -0.286. The van der Waals surface area contributed by atoms with E-state index in [0.29, 0.717) is 6.61 Å². The van der Waals surface area contributed by atoms with Gasteiger partial charge in [-0.15, -0.1) is 0 Å². The van der Waals surface area contributed by atoms with Crippen molar-refractivity contribution in [3.05, 3.63) is 6.42 Å². The Morgan fingerprint density at radius 3 is 2.86 bits per heavy atom. The molecule has 1 fully saturated rings. The summed E-state index contributed by atoms with van der Waals surface area (Å²) in [6, 6.07) is 0. The first-order valence-electron chi connectivity index (χ1n) is 2.30. The van der Waals surface area contributed by atoms with E-state index in [2.05, 4.69) is 11.2 Å². The number of ether oxygens (including phenoxy) is 1. The molecule has 0 N–H and O–H groups in total. The summed E-state index contributed by atoms with van der Waals surface area (Å²) < 4.78 is 4.53. The summed E-state index contributed by atoms with van der Waals surface area (Å²) >= 11 is 0. The van der Waals surface area contributed by atoms with Gasteiger partial charge in [-0.3, -0.25) is 4.79 Å². The molecule has 0 aromatic carbocycles. The molecule has 2 heteroatoms. The third-order valence-electron chi connectivity index (χ3n) is 0.824. The monoisotopic (exact) mass is 98.0 g/mol. The first-order chi connectivity index (χ1) is 3.39. The van der Waals surface area contributed by atoms with E-state index in [1.54, 1.807) is 0 Å². The molecule has 2 radical (unpaired) electrons. The van der Waals surface area contributed by atoms with Gasteiger partial charge >= 0.3 is 5.97 Å². The van der Waals surface area contributed by atoms with Crippen molar-refractivity contribution in [3.63, 3.8) is 0 Å². The number of rotatable bonds is 0. The van der Waals surface area contributed by atoms with Crippen LogP contribution in [0.4, 0.5) is 0 Å². The lowest BCUT2D eigenvalue weighted by Gasteiger charge is -2.07. The summed E-state index contributed by atoms with van der Waals surface area (Å²) in [5.41, 5.74) is 0. The number of carbonyl (C=O) groups excluding carboxylic acids is 1. The molecular formula is C5H6O2. The molecule has 0 aliphatic carbocycles. The quantitative estimate of drug-likeness (QED) is 0.410. The molecule has 1 aliphatic heterocycles. The Bertz CT molecular complexity index is 70.1. The van der Waals surface area contributed by atoms with E-state index in [4.69, 9.17) is 0 Å². The van der Waals surface area contributed by atoms with E-state index in [9.17, 15) is 4.79 Å². The van der Waals surface area contributed by atoms with Crippen LogP contribution < -0.4 is 0 Å². The Kier molecular flexibility index (Phi) is 1.29. The van der Waals surface area contributed by atoms with E-state index in [-0.39, 0.29) is 5.97 Å². The third-order valence-corrected chi connectivity index (χ3v) is 0.824. The average Bonchev–Trinajstić information content (AvgIpc) is 1.69. The molecule has 0 unspecified atom stereocenters. The maximum atomic E-state index is 10.1. The zero-order valence-corrected chi connectivity index (χ0v) is 3.94. The van der Waals surface area contributed by atoms with Gasteiger partial charge in [0, 0.05) is 0 Å². The number of cyclic esters (lactones) is 1. The smallest absolute Gasteiger partial charge is 0.314 e. The molecule has 0 aromatic heterocycles. The second-order valence-corrected chi connectivity index (χ2v) is 1.42. The second kappa shape index (κ2) is 1.96. The standard InChI is InChI=1S/C5H6O2/c6-5-3-1-2-4-7-5/h1-2,4H2. The molecule has 0 aromatic rings. The molecule has 1 heterocycles. The lowest BCUT2D eigenvalue weighted by Crippen LogP contribution is -2.11. The summed E-state index contributed by atoms with van der Waals surface area (Å²) in [4.78, 5) is 10.1. The van der Waals surface area contributed by atoms with Gasteiger partial charge in [0.25, 0.3) is 0 Å². The molecule has 0 saturated carbocycles. The lowest BCUT2D eigenvalue weighted by molar-refractivity contribution is -0.141. The van der Waals surface area contributed by atoms with Crippen molar-refractivity contribution in [2.75, 3.05) is 6.61 Å². The molecule has 0 bridgehead atoms. The molecular weight excluding hydrogens is 92.1 g/mol. The molecule has 1 aliphatic rings. The van der Waals surface area contributed by atoms with Crippen molar-refractivity contribution in [1.82, 2.24) is 0 Å². The fraction of sp³-hybridized carbons (Fsp3) is 0.600. The highest BCUT2D eigenvalue weighted by atomic mass is 16.5. The molecule has 7 heavy (non-hydrogen) atoms. The van der Waals surface area contributed by atoms with Crippen LogP contribution in [0.3, 0.4) is 0 Å². The van der Waals surface area contributed by atoms with Crippen LogP contribution in [0.5, 0.6) is 0 Å². The minimum atomic E-state index is -0.286. The molecule has 2 nitrogen and oxygen atoms in total. The molecule has 0 atom stereocenters.